The zero-order valence-electron chi connectivity index (χ0n) is 10.5. The first-order valence-corrected chi connectivity index (χ1v) is 6.34. The predicted molar refractivity (Wildman–Crippen MR) is 71.2 cm³/mol. The summed E-state index contributed by atoms with van der Waals surface area (Å²) in [5, 5.41) is 3.49. The van der Waals surface area contributed by atoms with Crippen molar-refractivity contribution in [3.8, 4) is 0 Å². The molecule has 0 saturated carbocycles. The van der Waals surface area contributed by atoms with Gasteiger partial charge in [-0.1, -0.05) is 24.6 Å². The van der Waals surface area contributed by atoms with Crippen LogP contribution in [0.1, 0.15) is 12.5 Å². The third-order valence-electron chi connectivity index (χ3n) is 2.69. The first-order chi connectivity index (χ1) is 8.13. The first kappa shape index (κ1) is 14.4. The van der Waals surface area contributed by atoms with Crippen LogP contribution in [0.25, 0.3) is 0 Å². The van der Waals surface area contributed by atoms with E-state index in [2.05, 4.69) is 24.2 Å². The molecule has 0 saturated heterocycles. The summed E-state index contributed by atoms with van der Waals surface area (Å²) in [7, 11) is 2.09. The van der Waals surface area contributed by atoms with E-state index in [9.17, 15) is 4.39 Å². The van der Waals surface area contributed by atoms with Crippen LogP contribution in [0.3, 0.4) is 0 Å². The minimum Gasteiger partial charge on any atom is -0.316 e. The van der Waals surface area contributed by atoms with Crippen LogP contribution in [0, 0.1) is 5.82 Å². The van der Waals surface area contributed by atoms with Gasteiger partial charge in [-0.3, -0.25) is 0 Å². The molecular formula is C13H20ClFN2. The number of hydrogen-bond donors (Lipinski definition) is 1. The molecule has 1 aromatic carbocycles. The minimum absolute atomic E-state index is 0.206. The Hall–Kier alpha value is -0.640. The zero-order valence-corrected chi connectivity index (χ0v) is 11.2. The van der Waals surface area contributed by atoms with Gasteiger partial charge in [0.25, 0.3) is 0 Å². The molecule has 1 N–H and O–H groups in total. The van der Waals surface area contributed by atoms with Gasteiger partial charge in [-0.25, -0.2) is 4.39 Å². The maximum absolute atomic E-state index is 13.0. The van der Waals surface area contributed by atoms with Crippen LogP contribution in [0.5, 0.6) is 0 Å². The standard InChI is InChI=1S/C13H20ClFN2/c1-3-16-7-9-17(2)8-6-11-4-5-13(15)12(14)10-11/h4-5,10,16H,3,6-9H2,1-2H3. The van der Waals surface area contributed by atoms with E-state index in [1.807, 2.05) is 0 Å². The summed E-state index contributed by atoms with van der Waals surface area (Å²) in [5.41, 5.74) is 1.08. The molecule has 0 unspecified atom stereocenters. The lowest BCUT2D eigenvalue weighted by molar-refractivity contribution is 0.337. The number of likely N-dealkylation sites (N-methyl/N-ethyl adjacent to an activating group) is 2. The second-order valence-corrected chi connectivity index (χ2v) is 4.56. The molecular weight excluding hydrogens is 239 g/mol. The zero-order chi connectivity index (χ0) is 12.7. The SMILES string of the molecule is CCNCCN(C)CCc1ccc(F)c(Cl)c1. The smallest absolute Gasteiger partial charge is 0.141 e. The van der Waals surface area contributed by atoms with Crippen LogP contribution in [0.4, 0.5) is 4.39 Å². The van der Waals surface area contributed by atoms with Gasteiger partial charge < -0.3 is 10.2 Å². The molecule has 1 aromatic rings. The Bertz CT molecular complexity index is 344. The summed E-state index contributed by atoms with van der Waals surface area (Å²) >= 11 is 5.73. The normalized spacial score (nSPS) is 11.1. The Morgan fingerprint density at radius 3 is 2.76 bits per heavy atom. The maximum Gasteiger partial charge on any atom is 0.141 e. The highest BCUT2D eigenvalue weighted by Gasteiger charge is 2.02. The van der Waals surface area contributed by atoms with Crippen molar-refractivity contribution >= 4 is 11.6 Å². The summed E-state index contributed by atoms with van der Waals surface area (Å²) in [6.07, 6.45) is 0.891. The largest absolute Gasteiger partial charge is 0.316 e. The van der Waals surface area contributed by atoms with Gasteiger partial charge in [-0.15, -0.1) is 0 Å². The summed E-state index contributed by atoms with van der Waals surface area (Å²) in [6.45, 7) is 6.06. The van der Waals surface area contributed by atoms with Crippen molar-refractivity contribution in [1.29, 1.82) is 0 Å². The Balaban J connectivity index is 2.31. The maximum atomic E-state index is 13.0. The van der Waals surface area contributed by atoms with E-state index in [4.69, 9.17) is 11.6 Å². The topological polar surface area (TPSA) is 15.3 Å². The van der Waals surface area contributed by atoms with Crippen LogP contribution in [-0.2, 0) is 6.42 Å². The number of nitrogens with zero attached hydrogens (tertiary/aromatic N) is 1. The van der Waals surface area contributed by atoms with E-state index in [0.29, 0.717) is 0 Å². The molecule has 0 aliphatic carbocycles. The molecule has 0 aliphatic heterocycles. The van der Waals surface area contributed by atoms with Gasteiger partial charge in [0.15, 0.2) is 0 Å². The van der Waals surface area contributed by atoms with Crippen molar-refractivity contribution < 1.29 is 4.39 Å². The van der Waals surface area contributed by atoms with E-state index in [0.717, 1.165) is 38.2 Å². The van der Waals surface area contributed by atoms with Gasteiger partial charge in [0.2, 0.25) is 0 Å². The molecule has 0 heterocycles. The van der Waals surface area contributed by atoms with Crippen molar-refractivity contribution in [3.05, 3.63) is 34.6 Å². The van der Waals surface area contributed by atoms with E-state index in [1.165, 1.54) is 6.07 Å². The van der Waals surface area contributed by atoms with Crippen LogP contribution in [0.15, 0.2) is 18.2 Å². The number of nitrogens with one attached hydrogen (secondary N) is 1. The number of benzene rings is 1. The molecule has 0 amide bonds. The highest BCUT2D eigenvalue weighted by atomic mass is 35.5. The lowest BCUT2D eigenvalue weighted by Crippen LogP contribution is -2.30. The molecule has 0 radical (unpaired) electrons. The van der Waals surface area contributed by atoms with Crippen molar-refractivity contribution in [2.24, 2.45) is 0 Å². The summed E-state index contributed by atoms with van der Waals surface area (Å²) in [6, 6.07) is 4.92. The average Bonchev–Trinajstić information content (AvgIpc) is 2.31. The molecule has 17 heavy (non-hydrogen) atoms. The third-order valence-corrected chi connectivity index (χ3v) is 2.98. The molecule has 0 aliphatic rings. The Morgan fingerprint density at radius 1 is 1.35 bits per heavy atom. The first-order valence-electron chi connectivity index (χ1n) is 5.96. The quantitative estimate of drug-likeness (QED) is 0.757. The van der Waals surface area contributed by atoms with Gasteiger partial charge in [0, 0.05) is 19.6 Å². The number of rotatable bonds is 7. The second-order valence-electron chi connectivity index (χ2n) is 4.16. The Kier molecular flexibility index (Phi) is 6.48. The van der Waals surface area contributed by atoms with Crippen molar-refractivity contribution in [2.75, 3.05) is 33.2 Å². The Labute approximate surface area is 108 Å². The molecule has 2 nitrogen and oxygen atoms in total. The molecule has 0 aromatic heterocycles. The van der Waals surface area contributed by atoms with Crippen molar-refractivity contribution in [1.82, 2.24) is 10.2 Å². The monoisotopic (exact) mass is 258 g/mol. The summed E-state index contributed by atoms with van der Waals surface area (Å²) in [5.74, 6) is -0.351. The molecule has 0 atom stereocenters. The van der Waals surface area contributed by atoms with Gasteiger partial charge >= 0.3 is 0 Å². The van der Waals surface area contributed by atoms with Crippen molar-refractivity contribution in [2.45, 2.75) is 13.3 Å². The lowest BCUT2D eigenvalue weighted by Gasteiger charge is -2.16. The fraction of sp³-hybridized carbons (Fsp3) is 0.538. The summed E-state index contributed by atoms with van der Waals surface area (Å²) < 4.78 is 13.0. The lowest BCUT2D eigenvalue weighted by atomic mass is 10.1. The minimum atomic E-state index is -0.351. The van der Waals surface area contributed by atoms with E-state index in [-0.39, 0.29) is 10.8 Å². The Morgan fingerprint density at radius 2 is 2.12 bits per heavy atom. The van der Waals surface area contributed by atoms with E-state index >= 15 is 0 Å². The third kappa shape index (κ3) is 5.48. The van der Waals surface area contributed by atoms with Gasteiger partial charge in [-0.2, -0.15) is 0 Å². The highest BCUT2D eigenvalue weighted by molar-refractivity contribution is 6.30. The van der Waals surface area contributed by atoms with Gasteiger partial charge in [0.1, 0.15) is 5.82 Å². The van der Waals surface area contributed by atoms with Crippen LogP contribution < -0.4 is 5.32 Å². The molecule has 0 spiro atoms. The van der Waals surface area contributed by atoms with E-state index in [1.54, 1.807) is 12.1 Å². The van der Waals surface area contributed by atoms with Gasteiger partial charge in [-0.05, 0) is 37.7 Å². The van der Waals surface area contributed by atoms with E-state index < -0.39 is 0 Å². The van der Waals surface area contributed by atoms with Crippen LogP contribution in [0.2, 0.25) is 5.02 Å². The van der Waals surface area contributed by atoms with Gasteiger partial charge in [0.05, 0.1) is 5.02 Å². The van der Waals surface area contributed by atoms with Crippen LogP contribution >= 0.6 is 11.6 Å². The molecule has 4 heteroatoms. The fourth-order valence-electron chi connectivity index (χ4n) is 1.57. The summed E-state index contributed by atoms with van der Waals surface area (Å²) in [4.78, 5) is 2.25. The predicted octanol–water partition coefficient (Wildman–Crippen LogP) is 2.56. The number of hydrogen-bond acceptors (Lipinski definition) is 2. The van der Waals surface area contributed by atoms with Crippen molar-refractivity contribution in [3.63, 3.8) is 0 Å². The average molecular weight is 259 g/mol. The highest BCUT2D eigenvalue weighted by Crippen LogP contribution is 2.16. The van der Waals surface area contributed by atoms with Crippen LogP contribution in [-0.4, -0.2) is 38.1 Å². The second kappa shape index (κ2) is 7.64. The molecule has 0 fully saturated rings. The fourth-order valence-corrected chi connectivity index (χ4v) is 1.78. The molecule has 1 rings (SSSR count). The molecule has 96 valence electrons. The number of halogens is 2. The molecule has 0 bridgehead atoms.